The zero-order valence-electron chi connectivity index (χ0n) is 9.09. The maximum absolute atomic E-state index is 13.5. The van der Waals surface area contributed by atoms with Gasteiger partial charge in [-0.2, -0.15) is 0 Å². The van der Waals surface area contributed by atoms with Gasteiger partial charge in [0.15, 0.2) is 11.6 Å². The summed E-state index contributed by atoms with van der Waals surface area (Å²) >= 11 is 6.45. The normalized spacial score (nSPS) is 10.4. The Morgan fingerprint density at radius 1 is 1.00 bits per heavy atom. The third-order valence-corrected chi connectivity index (χ3v) is 3.66. The van der Waals surface area contributed by atoms with E-state index in [0.29, 0.717) is 0 Å². The van der Waals surface area contributed by atoms with Gasteiger partial charge in [0.2, 0.25) is 0 Å². The van der Waals surface area contributed by atoms with Gasteiger partial charge < -0.3 is 4.74 Å². The molecule has 0 aromatic heterocycles. The molecule has 0 radical (unpaired) electrons. The van der Waals surface area contributed by atoms with Crippen molar-refractivity contribution in [1.29, 1.82) is 0 Å². The predicted octanol–water partition coefficient (Wildman–Crippen LogP) is 5.07. The summed E-state index contributed by atoms with van der Waals surface area (Å²) in [6, 6.07) is 9.42. The van der Waals surface area contributed by atoms with Crippen LogP contribution in [0.25, 0.3) is 0 Å². The second kappa shape index (κ2) is 5.80. The van der Waals surface area contributed by atoms with Crippen molar-refractivity contribution in [2.24, 2.45) is 0 Å². The molecule has 0 saturated carbocycles. The molecular weight excluding hydrogens is 370 g/mol. The van der Waals surface area contributed by atoms with Gasteiger partial charge in [-0.1, -0.05) is 34.1 Å². The molecule has 0 aliphatic rings. The van der Waals surface area contributed by atoms with Gasteiger partial charge in [0.1, 0.15) is 12.4 Å². The molecule has 0 aliphatic heterocycles. The van der Waals surface area contributed by atoms with Crippen LogP contribution in [-0.2, 0) is 6.61 Å². The second-order valence-corrected chi connectivity index (χ2v) is 5.29. The van der Waals surface area contributed by atoms with Crippen LogP contribution in [0, 0.1) is 11.6 Å². The minimum absolute atomic E-state index is 0.00662. The molecule has 0 N–H and O–H groups in total. The number of hydrogen-bond donors (Lipinski definition) is 0. The minimum atomic E-state index is -0.728. The fraction of sp³-hybridized carbons (Fsp3) is 0.0769. The number of benzene rings is 2. The lowest BCUT2D eigenvalue weighted by Crippen LogP contribution is -1.99. The van der Waals surface area contributed by atoms with Gasteiger partial charge in [-0.3, -0.25) is 0 Å². The molecule has 0 bridgehead atoms. The summed E-state index contributed by atoms with van der Waals surface area (Å²) in [5.41, 5.74) is 0.883. The molecule has 0 unspecified atom stereocenters. The van der Waals surface area contributed by atoms with Crippen molar-refractivity contribution in [3.63, 3.8) is 0 Å². The molecule has 2 aromatic rings. The highest BCUT2D eigenvalue weighted by Gasteiger charge is 2.11. The summed E-state index contributed by atoms with van der Waals surface area (Å²) in [6.45, 7) is 0.197. The first kappa shape index (κ1) is 13.5. The summed E-state index contributed by atoms with van der Waals surface area (Å²) in [4.78, 5) is 0. The van der Waals surface area contributed by atoms with E-state index in [-0.39, 0.29) is 16.8 Å². The van der Waals surface area contributed by atoms with Crippen LogP contribution in [0.15, 0.2) is 45.3 Å². The van der Waals surface area contributed by atoms with Gasteiger partial charge >= 0.3 is 0 Å². The van der Waals surface area contributed by atoms with Crippen LogP contribution >= 0.6 is 31.9 Å². The molecule has 0 fully saturated rings. The molecule has 0 amide bonds. The highest BCUT2D eigenvalue weighted by atomic mass is 79.9. The molecule has 0 aliphatic carbocycles. The molecule has 94 valence electrons. The average Bonchev–Trinajstić information content (AvgIpc) is 2.30. The van der Waals surface area contributed by atoms with Crippen LogP contribution in [-0.4, -0.2) is 0 Å². The van der Waals surface area contributed by atoms with Crippen LogP contribution in [0.3, 0.4) is 0 Å². The molecule has 18 heavy (non-hydrogen) atoms. The number of ether oxygens (including phenoxy) is 1. The van der Waals surface area contributed by atoms with Gasteiger partial charge in [-0.05, 0) is 28.1 Å². The van der Waals surface area contributed by atoms with Crippen molar-refractivity contribution >= 4 is 31.9 Å². The quantitative estimate of drug-likeness (QED) is 0.725. The van der Waals surface area contributed by atoms with Crippen LogP contribution < -0.4 is 4.74 Å². The van der Waals surface area contributed by atoms with E-state index in [1.807, 2.05) is 24.3 Å². The van der Waals surface area contributed by atoms with E-state index in [1.54, 1.807) is 0 Å². The van der Waals surface area contributed by atoms with Crippen LogP contribution in [0.5, 0.6) is 5.75 Å². The monoisotopic (exact) mass is 376 g/mol. The molecule has 0 heterocycles. The SMILES string of the molecule is Fc1cc(F)c(OCc2ccccc2Br)c(Br)c1. The topological polar surface area (TPSA) is 9.23 Å². The molecule has 0 saturated heterocycles. The van der Waals surface area contributed by atoms with Gasteiger partial charge in [0.05, 0.1) is 4.47 Å². The Morgan fingerprint density at radius 2 is 1.72 bits per heavy atom. The fourth-order valence-electron chi connectivity index (χ4n) is 1.43. The number of rotatable bonds is 3. The summed E-state index contributed by atoms with van der Waals surface area (Å²) in [6.07, 6.45) is 0. The highest BCUT2D eigenvalue weighted by molar-refractivity contribution is 9.10. The van der Waals surface area contributed by atoms with Crippen molar-refractivity contribution in [1.82, 2.24) is 0 Å². The lowest BCUT2D eigenvalue weighted by atomic mass is 10.2. The van der Waals surface area contributed by atoms with E-state index < -0.39 is 11.6 Å². The van der Waals surface area contributed by atoms with Crippen LogP contribution in [0.1, 0.15) is 5.56 Å². The van der Waals surface area contributed by atoms with E-state index in [9.17, 15) is 8.78 Å². The molecule has 0 spiro atoms. The fourth-order valence-corrected chi connectivity index (χ4v) is 2.35. The zero-order chi connectivity index (χ0) is 13.1. The molecular formula is C13H8Br2F2O. The molecule has 2 aromatic carbocycles. The van der Waals surface area contributed by atoms with Crippen molar-refractivity contribution in [2.75, 3.05) is 0 Å². The average molecular weight is 378 g/mol. The first-order valence-electron chi connectivity index (χ1n) is 5.08. The first-order chi connectivity index (χ1) is 8.58. The van der Waals surface area contributed by atoms with Gasteiger partial charge in [-0.15, -0.1) is 0 Å². The molecule has 0 atom stereocenters. The Labute approximate surface area is 120 Å². The summed E-state index contributed by atoms with van der Waals surface area (Å²) in [7, 11) is 0. The van der Waals surface area contributed by atoms with Gasteiger partial charge in [0.25, 0.3) is 0 Å². The van der Waals surface area contributed by atoms with Crippen molar-refractivity contribution in [2.45, 2.75) is 6.61 Å². The van der Waals surface area contributed by atoms with E-state index in [1.165, 1.54) is 6.07 Å². The number of halogens is 4. The van der Waals surface area contributed by atoms with E-state index in [4.69, 9.17) is 4.74 Å². The predicted molar refractivity (Wildman–Crippen MR) is 72.5 cm³/mol. The van der Waals surface area contributed by atoms with E-state index in [0.717, 1.165) is 16.1 Å². The third-order valence-electron chi connectivity index (χ3n) is 2.29. The first-order valence-corrected chi connectivity index (χ1v) is 6.67. The lowest BCUT2D eigenvalue weighted by molar-refractivity contribution is 0.286. The summed E-state index contributed by atoms with van der Waals surface area (Å²) < 4.78 is 32.9. The standard InChI is InChI=1S/C13H8Br2F2O/c14-10-4-2-1-3-8(10)7-18-13-11(15)5-9(16)6-12(13)17/h1-6H,7H2. The molecule has 2 rings (SSSR count). The van der Waals surface area contributed by atoms with Crippen LogP contribution in [0.2, 0.25) is 0 Å². The van der Waals surface area contributed by atoms with Crippen molar-refractivity contribution < 1.29 is 13.5 Å². The third kappa shape index (κ3) is 3.09. The highest BCUT2D eigenvalue weighted by Crippen LogP contribution is 2.30. The van der Waals surface area contributed by atoms with Crippen LogP contribution in [0.4, 0.5) is 8.78 Å². The Kier molecular flexibility index (Phi) is 4.35. The Bertz CT molecular complexity index is 550. The zero-order valence-corrected chi connectivity index (χ0v) is 12.3. The van der Waals surface area contributed by atoms with Gasteiger partial charge in [-0.25, -0.2) is 8.78 Å². The Morgan fingerprint density at radius 3 is 2.39 bits per heavy atom. The lowest BCUT2D eigenvalue weighted by Gasteiger charge is -2.10. The van der Waals surface area contributed by atoms with Crippen molar-refractivity contribution in [3.8, 4) is 5.75 Å². The smallest absolute Gasteiger partial charge is 0.169 e. The van der Waals surface area contributed by atoms with Crippen molar-refractivity contribution in [3.05, 3.63) is 62.5 Å². The Hall–Kier alpha value is -0.940. The largest absolute Gasteiger partial charge is 0.485 e. The maximum Gasteiger partial charge on any atom is 0.169 e. The van der Waals surface area contributed by atoms with Gasteiger partial charge in [0, 0.05) is 16.1 Å². The Balaban J connectivity index is 2.19. The molecule has 5 heteroatoms. The minimum Gasteiger partial charge on any atom is -0.485 e. The number of hydrogen-bond acceptors (Lipinski definition) is 1. The second-order valence-electron chi connectivity index (χ2n) is 3.58. The maximum atomic E-state index is 13.5. The molecule has 1 nitrogen and oxygen atoms in total. The van der Waals surface area contributed by atoms with E-state index in [2.05, 4.69) is 31.9 Å². The summed E-state index contributed by atoms with van der Waals surface area (Å²) in [5.74, 6) is -1.37. The summed E-state index contributed by atoms with van der Waals surface area (Å²) in [5, 5.41) is 0. The van der Waals surface area contributed by atoms with E-state index >= 15 is 0 Å².